The molecule has 0 spiro atoms. The Hall–Kier alpha value is -3.39. The molecule has 168 valence electrons. The summed E-state index contributed by atoms with van der Waals surface area (Å²) in [5.41, 5.74) is 2.47. The number of carbonyl (C=O) groups is 1. The van der Waals surface area contributed by atoms with Crippen LogP contribution in [0.2, 0.25) is 0 Å². The van der Waals surface area contributed by atoms with E-state index in [1.54, 1.807) is 42.6 Å². The number of nitrogens with one attached hydrogen (secondary N) is 1. The maximum atomic E-state index is 14.0. The van der Waals surface area contributed by atoms with Gasteiger partial charge in [-0.3, -0.25) is 9.78 Å². The molecule has 1 aliphatic carbocycles. The topological polar surface area (TPSA) is 80.7 Å². The first kappa shape index (κ1) is 22.8. The molecule has 6 nitrogen and oxygen atoms in total. The van der Waals surface area contributed by atoms with Crippen molar-refractivity contribution in [3.05, 3.63) is 77.2 Å². The molecule has 33 heavy (non-hydrogen) atoms. The lowest BCUT2D eigenvalue weighted by molar-refractivity contribution is 0.0946. The van der Waals surface area contributed by atoms with Crippen LogP contribution < -0.4 is 14.8 Å². The van der Waals surface area contributed by atoms with Gasteiger partial charge in [0, 0.05) is 24.3 Å². The SMILES string of the molecule is [B]C(O)c1cccnc1-c1ccc(OCC2CC2)c(C(=O)NCc2ccc(OC)c(F)c2)c1. The average molecular weight is 446 g/mol. The molecule has 1 heterocycles. The fourth-order valence-electron chi connectivity index (χ4n) is 3.47. The van der Waals surface area contributed by atoms with Crippen molar-refractivity contribution in [2.24, 2.45) is 5.92 Å². The number of aliphatic hydroxyl groups is 1. The third-order valence-electron chi connectivity index (χ3n) is 5.50. The van der Waals surface area contributed by atoms with Crippen LogP contribution in [-0.2, 0) is 6.54 Å². The van der Waals surface area contributed by atoms with Gasteiger partial charge in [0.1, 0.15) is 13.6 Å². The van der Waals surface area contributed by atoms with Crippen molar-refractivity contribution >= 4 is 13.8 Å². The second-order valence-corrected chi connectivity index (χ2v) is 8.00. The highest BCUT2D eigenvalue weighted by molar-refractivity contribution is 6.11. The second-order valence-electron chi connectivity index (χ2n) is 8.00. The number of ether oxygens (including phenoxy) is 2. The summed E-state index contributed by atoms with van der Waals surface area (Å²) in [4.78, 5) is 17.4. The van der Waals surface area contributed by atoms with E-state index in [-0.39, 0.29) is 18.2 Å². The summed E-state index contributed by atoms with van der Waals surface area (Å²) in [7, 11) is 7.08. The van der Waals surface area contributed by atoms with E-state index >= 15 is 0 Å². The van der Waals surface area contributed by atoms with Crippen molar-refractivity contribution in [2.45, 2.75) is 25.4 Å². The van der Waals surface area contributed by atoms with E-state index in [1.165, 1.54) is 19.2 Å². The number of methoxy groups -OCH3 is 1. The highest BCUT2D eigenvalue weighted by Gasteiger charge is 2.24. The summed E-state index contributed by atoms with van der Waals surface area (Å²) in [6.45, 7) is 0.669. The first-order valence-electron chi connectivity index (χ1n) is 10.7. The second kappa shape index (κ2) is 10.0. The summed E-state index contributed by atoms with van der Waals surface area (Å²) >= 11 is 0. The molecule has 1 unspecified atom stereocenters. The van der Waals surface area contributed by atoms with Crippen molar-refractivity contribution in [2.75, 3.05) is 13.7 Å². The minimum atomic E-state index is -1.21. The standard InChI is InChI=1S/C25H24BFN2O4/c1-32-22-8-6-16(11-20(22)27)13-29-25(31)19-12-17(7-9-21(19)33-14-15-4-5-15)23-18(24(26)30)3-2-10-28-23/h2-3,6-12,15,24,30H,4-5,13-14H2,1H3,(H,29,31). The van der Waals surface area contributed by atoms with E-state index in [2.05, 4.69) is 10.3 Å². The predicted molar refractivity (Wildman–Crippen MR) is 123 cm³/mol. The van der Waals surface area contributed by atoms with Gasteiger partial charge in [0.25, 0.3) is 5.91 Å². The molecule has 1 saturated carbocycles. The van der Waals surface area contributed by atoms with Crippen molar-refractivity contribution in [3.63, 3.8) is 0 Å². The molecule has 2 radical (unpaired) electrons. The molecule has 0 bridgehead atoms. The molecular weight excluding hydrogens is 422 g/mol. The van der Waals surface area contributed by atoms with E-state index in [1.807, 2.05) is 0 Å². The van der Waals surface area contributed by atoms with Crippen LogP contribution in [0.3, 0.4) is 0 Å². The van der Waals surface area contributed by atoms with Crippen LogP contribution in [0.4, 0.5) is 4.39 Å². The lowest BCUT2D eigenvalue weighted by Crippen LogP contribution is -2.24. The number of hydrogen-bond donors (Lipinski definition) is 2. The molecule has 3 aromatic rings. The molecule has 1 fully saturated rings. The Bertz CT molecular complexity index is 1150. The summed E-state index contributed by atoms with van der Waals surface area (Å²) < 4.78 is 24.8. The third-order valence-corrected chi connectivity index (χ3v) is 5.50. The van der Waals surface area contributed by atoms with Gasteiger partial charge in [-0.15, -0.1) is 0 Å². The van der Waals surface area contributed by atoms with Crippen LogP contribution in [0.15, 0.2) is 54.7 Å². The Labute approximate surface area is 193 Å². The molecule has 1 atom stereocenters. The lowest BCUT2D eigenvalue weighted by atomic mass is 9.89. The maximum Gasteiger partial charge on any atom is 0.255 e. The summed E-state index contributed by atoms with van der Waals surface area (Å²) in [5, 5.41) is 12.7. The number of carbonyl (C=O) groups excluding carboxylic acids is 1. The maximum absolute atomic E-state index is 14.0. The van der Waals surface area contributed by atoms with Crippen molar-refractivity contribution < 1.29 is 23.8 Å². The van der Waals surface area contributed by atoms with Gasteiger partial charge in [0.15, 0.2) is 11.6 Å². The number of amides is 1. The van der Waals surface area contributed by atoms with Crippen LogP contribution in [0.1, 0.15) is 40.3 Å². The summed E-state index contributed by atoms with van der Waals surface area (Å²) in [6.07, 6.45) is 3.83. The van der Waals surface area contributed by atoms with Crippen LogP contribution in [-0.4, -0.2) is 37.6 Å². The monoisotopic (exact) mass is 446 g/mol. The van der Waals surface area contributed by atoms with Gasteiger partial charge in [0.05, 0.1) is 25.0 Å². The van der Waals surface area contributed by atoms with E-state index in [4.69, 9.17) is 17.3 Å². The van der Waals surface area contributed by atoms with E-state index in [0.717, 1.165) is 12.8 Å². The van der Waals surface area contributed by atoms with Crippen molar-refractivity contribution in [1.29, 1.82) is 0 Å². The van der Waals surface area contributed by atoms with Gasteiger partial charge < -0.3 is 19.9 Å². The number of benzene rings is 2. The molecule has 2 aromatic carbocycles. The van der Waals surface area contributed by atoms with E-state index in [0.29, 0.717) is 46.2 Å². The fraction of sp³-hybridized carbons (Fsp3) is 0.280. The van der Waals surface area contributed by atoms with Gasteiger partial charge in [-0.25, -0.2) is 4.39 Å². The number of halogens is 1. The number of pyridine rings is 1. The first-order valence-corrected chi connectivity index (χ1v) is 10.7. The normalized spacial score (nSPS) is 13.9. The van der Waals surface area contributed by atoms with Crippen LogP contribution in [0.5, 0.6) is 11.5 Å². The number of hydrogen-bond acceptors (Lipinski definition) is 5. The Balaban J connectivity index is 1.60. The van der Waals surface area contributed by atoms with E-state index < -0.39 is 11.8 Å². The minimum Gasteiger partial charge on any atom is -0.494 e. The number of rotatable bonds is 9. The Morgan fingerprint density at radius 2 is 2.03 bits per heavy atom. The summed E-state index contributed by atoms with van der Waals surface area (Å²) in [5.74, 6) is 0.238. The zero-order chi connectivity index (χ0) is 23.4. The Kier molecular flexibility index (Phi) is 6.94. The van der Waals surface area contributed by atoms with Gasteiger partial charge in [-0.05, 0) is 66.3 Å². The smallest absolute Gasteiger partial charge is 0.255 e. The van der Waals surface area contributed by atoms with Gasteiger partial charge in [-0.1, -0.05) is 12.1 Å². The highest BCUT2D eigenvalue weighted by atomic mass is 19.1. The molecule has 4 rings (SSSR count). The lowest BCUT2D eigenvalue weighted by Gasteiger charge is -2.15. The van der Waals surface area contributed by atoms with Gasteiger partial charge in [0.2, 0.25) is 0 Å². The first-order chi connectivity index (χ1) is 16.0. The van der Waals surface area contributed by atoms with E-state index in [9.17, 15) is 14.3 Å². The number of nitrogens with zero attached hydrogens (tertiary/aromatic N) is 1. The largest absolute Gasteiger partial charge is 0.494 e. The fourth-order valence-corrected chi connectivity index (χ4v) is 3.47. The Morgan fingerprint density at radius 3 is 2.73 bits per heavy atom. The number of aromatic nitrogens is 1. The van der Waals surface area contributed by atoms with Gasteiger partial charge >= 0.3 is 0 Å². The van der Waals surface area contributed by atoms with Crippen LogP contribution >= 0.6 is 0 Å². The van der Waals surface area contributed by atoms with Crippen LogP contribution in [0, 0.1) is 11.7 Å². The number of aliphatic hydroxyl groups excluding tert-OH is 1. The molecule has 1 aliphatic rings. The molecule has 8 heteroatoms. The molecular formula is C25H24BFN2O4. The van der Waals surface area contributed by atoms with Crippen molar-refractivity contribution in [1.82, 2.24) is 10.3 Å². The molecule has 0 aliphatic heterocycles. The quantitative estimate of drug-likeness (QED) is 0.490. The average Bonchev–Trinajstić information content (AvgIpc) is 3.66. The zero-order valence-corrected chi connectivity index (χ0v) is 18.3. The molecule has 0 saturated heterocycles. The van der Waals surface area contributed by atoms with Crippen LogP contribution in [0.25, 0.3) is 11.3 Å². The highest BCUT2D eigenvalue weighted by Crippen LogP contribution is 2.33. The third kappa shape index (κ3) is 5.52. The predicted octanol–water partition coefficient (Wildman–Crippen LogP) is 3.77. The van der Waals surface area contributed by atoms with Gasteiger partial charge in [-0.2, -0.15) is 0 Å². The molecule has 2 N–H and O–H groups in total. The zero-order valence-electron chi connectivity index (χ0n) is 18.3. The Morgan fingerprint density at radius 1 is 1.24 bits per heavy atom. The minimum absolute atomic E-state index is 0.127. The summed E-state index contributed by atoms with van der Waals surface area (Å²) in [6, 6.07) is 11.9. The molecule has 1 amide bonds. The van der Waals surface area contributed by atoms with Crippen molar-refractivity contribution in [3.8, 4) is 22.8 Å². The molecule has 1 aromatic heterocycles.